The number of fused-ring (bicyclic) bond motifs is 1. The summed E-state index contributed by atoms with van der Waals surface area (Å²) in [6, 6.07) is 4.11. The summed E-state index contributed by atoms with van der Waals surface area (Å²) in [7, 11) is 1.89. The van der Waals surface area contributed by atoms with Gasteiger partial charge in [-0.1, -0.05) is 12.8 Å². The van der Waals surface area contributed by atoms with Crippen LogP contribution in [0.2, 0.25) is 0 Å². The fraction of sp³-hybridized carbons (Fsp3) is 0.650. The molecule has 2 fully saturated rings. The van der Waals surface area contributed by atoms with Crippen molar-refractivity contribution in [2.45, 2.75) is 44.9 Å². The molecule has 7 heteroatoms. The van der Waals surface area contributed by atoms with E-state index >= 15 is 0 Å². The summed E-state index contributed by atoms with van der Waals surface area (Å²) in [5.74, 6) is 2.09. The average Bonchev–Trinajstić information content (AvgIpc) is 2.86. The van der Waals surface area contributed by atoms with Crippen LogP contribution in [0.4, 0.5) is 11.6 Å². The van der Waals surface area contributed by atoms with Crippen molar-refractivity contribution in [3.8, 4) is 0 Å². The van der Waals surface area contributed by atoms with E-state index in [1.807, 2.05) is 13.1 Å². The van der Waals surface area contributed by atoms with Crippen LogP contribution < -0.4 is 15.5 Å². The average molecular weight is 371 g/mol. The minimum Gasteiger partial charge on any atom is -0.357 e. The first-order chi connectivity index (χ1) is 13.2. The SMILES string of the molecule is Cn1nc(NC(=O)CC2CCCNC2)c2ccc(N3CCCCCC3)nc21. The van der Waals surface area contributed by atoms with Crippen LogP contribution in [-0.2, 0) is 11.8 Å². The van der Waals surface area contributed by atoms with Gasteiger partial charge in [-0.25, -0.2) is 9.67 Å². The number of anilines is 2. The predicted molar refractivity (Wildman–Crippen MR) is 108 cm³/mol. The molecule has 2 aromatic rings. The molecule has 2 aliphatic rings. The van der Waals surface area contributed by atoms with Crippen molar-refractivity contribution in [2.75, 3.05) is 36.4 Å². The van der Waals surface area contributed by atoms with Crippen molar-refractivity contribution in [2.24, 2.45) is 13.0 Å². The first kappa shape index (κ1) is 18.2. The van der Waals surface area contributed by atoms with E-state index in [4.69, 9.17) is 4.98 Å². The van der Waals surface area contributed by atoms with Gasteiger partial charge in [0.1, 0.15) is 5.82 Å². The first-order valence-corrected chi connectivity index (χ1v) is 10.3. The highest BCUT2D eigenvalue weighted by atomic mass is 16.1. The fourth-order valence-electron chi connectivity index (χ4n) is 4.23. The van der Waals surface area contributed by atoms with Crippen molar-refractivity contribution in [1.82, 2.24) is 20.1 Å². The molecule has 4 heterocycles. The molecule has 2 saturated heterocycles. The first-order valence-electron chi connectivity index (χ1n) is 10.3. The Kier molecular flexibility index (Phi) is 5.57. The Bertz CT molecular complexity index is 787. The number of carbonyl (C=O) groups excluding carboxylic acids is 1. The number of rotatable bonds is 4. The van der Waals surface area contributed by atoms with Crippen LogP contribution in [0, 0.1) is 5.92 Å². The van der Waals surface area contributed by atoms with Gasteiger partial charge in [-0.05, 0) is 56.8 Å². The highest BCUT2D eigenvalue weighted by Crippen LogP contribution is 2.26. The molecule has 2 aliphatic heterocycles. The third-order valence-electron chi connectivity index (χ3n) is 5.73. The Morgan fingerprint density at radius 3 is 2.78 bits per heavy atom. The molecular formula is C20H30N6O. The number of aryl methyl sites for hydroxylation is 1. The van der Waals surface area contributed by atoms with Crippen LogP contribution in [0.5, 0.6) is 0 Å². The van der Waals surface area contributed by atoms with Crippen molar-refractivity contribution in [3.05, 3.63) is 12.1 Å². The molecule has 2 N–H and O–H groups in total. The van der Waals surface area contributed by atoms with Gasteiger partial charge in [0.15, 0.2) is 11.5 Å². The van der Waals surface area contributed by atoms with Crippen molar-refractivity contribution in [1.29, 1.82) is 0 Å². The Hall–Kier alpha value is -2.15. The minimum absolute atomic E-state index is 0.0419. The summed E-state index contributed by atoms with van der Waals surface area (Å²) in [5, 5.41) is 11.8. The largest absolute Gasteiger partial charge is 0.357 e. The molecule has 1 unspecified atom stereocenters. The van der Waals surface area contributed by atoms with E-state index < -0.39 is 0 Å². The second-order valence-corrected chi connectivity index (χ2v) is 7.88. The summed E-state index contributed by atoms with van der Waals surface area (Å²) in [5.41, 5.74) is 0.825. The maximum Gasteiger partial charge on any atom is 0.225 e. The lowest BCUT2D eigenvalue weighted by Crippen LogP contribution is -2.32. The Morgan fingerprint density at radius 1 is 1.22 bits per heavy atom. The topological polar surface area (TPSA) is 75.1 Å². The molecule has 27 heavy (non-hydrogen) atoms. The Morgan fingerprint density at radius 2 is 2.04 bits per heavy atom. The van der Waals surface area contributed by atoms with Crippen molar-refractivity contribution < 1.29 is 4.79 Å². The summed E-state index contributed by atoms with van der Waals surface area (Å²) in [4.78, 5) is 19.7. The normalized spacial score (nSPS) is 21.2. The molecule has 146 valence electrons. The van der Waals surface area contributed by atoms with Gasteiger partial charge >= 0.3 is 0 Å². The van der Waals surface area contributed by atoms with E-state index in [1.165, 1.54) is 25.7 Å². The minimum atomic E-state index is 0.0419. The standard InChI is InChI=1S/C20H30N6O/c1-25-20-16(8-9-17(22-20)26-11-4-2-3-5-12-26)19(24-25)23-18(27)13-15-7-6-10-21-14-15/h8-9,15,21H,2-7,10-14H2,1H3,(H,23,24,27). The number of pyridine rings is 1. The van der Waals surface area contributed by atoms with Gasteiger partial charge in [-0.15, -0.1) is 0 Å². The Balaban J connectivity index is 1.49. The van der Waals surface area contributed by atoms with E-state index in [-0.39, 0.29) is 5.91 Å². The number of hydrogen-bond acceptors (Lipinski definition) is 5. The Labute approximate surface area is 160 Å². The lowest BCUT2D eigenvalue weighted by atomic mass is 9.96. The maximum absolute atomic E-state index is 12.5. The van der Waals surface area contributed by atoms with Gasteiger partial charge in [-0.3, -0.25) is 4.79 Å². The smallest absolute Gasteiger partial charge is 0.225 e. The molecule has 0 aliphatic carbocycles. The number of nitrogens with zero attached hydrogens (tertiary/aromatic N) is 4. The zero-order valence-corrected chi connectivity index (χ0v) is 16.2. The molecule has 4 rings (SSSR count). The number of hydrogen-bond donors (Lipinski definition) is 2. The second-order valence-electron chi connectivity index (χ2n) is 7.88. The molecule has 0 radical (unpaired) electrons. The van der Waals surface area contributed by atoms with Crippen molar-refractivity contribution >= 4 is 28.6 Å². The number of nitrogens with one attached hydrogen (secondary N) is 2. The zero-order valence-electron chi connectivity index (χ0n) is 16.2. The molecule has 1 atom stereocenters. The van der Waals surface area contributed by atoms with Gasteiger partial charge in [-0.2, -0.15) is 5.10 Å². The summed E-state index contributed by atoms with van der Waals surface area (Å²) >= 11 is 0. The molecule has 1 amide bonds. The number of carbonyl (C=O) groups is 1. The summed E-state index contributed by atoms with van der Waals surface area (Å²) < 4.78 is 1.77. The predicted octanol–water partition coefficient (Wildman–Crippen LogP) is 2.68. The van der Waals surface area contributed by atoms with E-state index in [2.05, 4.69) is 26.7 Å². The van der Waals surface area contributed by atoms with Crippen LogP contribution in [0.1, 0.15) is 44.9 Å². The van der Waals surface area contributed by atoms with Crippen LogP contribution >= 0.6 is 0 Å². The van der Waals surface area contributed by atoms with Gasteiger partial charge < -0.3 is 15.5 Å². The van der Waals surface area contributed by atoms with Crippen LogP contribution in [0.25, 0.3) is 11.0 Å². The maximum atomic E-state index is 12.5. The molecule has 0 spiro atoms. The molecule has 0 aromatic carbocycles. The lowest BCUT2D eigenvalue weighted by molar-refractivity contribution is -0.117. The monoisotopic (exact) mass is 370 g/mol. The van der Waals surface area contributed by atoms with Gasteiger partial charge in [0.2, 0.25) is 5.91 Å². The molecule has 0 bridgehead atoms. The second kappa shape index (κ2) is 8.25. The van der Waals surface area contributed by atoms with E-state index in [0.29, 0.717) is 18.2 Å². The summed E-state index contributed by atoms with van der Waals surface area (Å²) in [6.45, 7) is 4.12. The summed E-state index contributed by atoms with van der Waals surface area (Å²) in [6.07, 6.45) is 7.86. The van der Waals surface area contributed by atoms with Gasteiger partial charge in [0, 0.05) is 26.6 Å². The third kappa shape index (κ3) is 4.24. The molecular weight excluding hydrogens is 340 g/mol. The number of amides is 1. The van der Waals surface area contributed by atoms with Crippen LogP contribution in [0.3, 0.4) is 0 Å². The van der Waals surface area contributed by atoms with Gasteiger partial charge in [0.05, 0.1) is 5.39 Å². The zero-order chi connectivity index (χ0) is 18.6. The number of aromatic nitrogens is 3. The van der Waals surface area contributed by atoms with Crippen molar-refractivity contribution in [3.63, 3.8) is 0 Å². The molecule has 0 saturated carbocycles. The third-order valence-corrected chi connectivity index (χ3v) is 5.73. The highest BCUT2D eigenvalue weighted by molar-refractivity contribution is 5.99. The van der Waals surface area contributed by atoms with E-state index in [1.54, 1.807) is 4.68 Å². The van der Waals surface area contributed by atoms with E-state index in [0.717, 1.165) is 55.9 Å². The van der Waals surface area contributed by atoms with Crippen LogP contribution in [0.15, 0.2) is 12.1 Å². The lowest BCUT2D eigenvalue weighted by Gasteiger charge is -2.22. The number of piperidine rings is 1. The van der Waals surface area contributed by atoms with Gasteiger partial charge in [0.25, 0.3) is 0 Å². The molecule has 2 aromatic heterocycles. The quantitative estimate of drug-likeness (QED) is 0.865. The highest BCUT2D eigenvalue weighted by Gasteiger charge is 2.20. The molecule has 7 nitrogen and oxygen atoms in total. The van der Waals surface area contributed by atoms with Crippen LogP contribution in [-0.4, -0.2) is 46.9 Å². The fourth-order valence-corrected chi connectivity index (χ4v) is 4.23. The van der Waals surface area contributed by atoms with E-state index in [9.17, 15) is 4.79 Å².